The summed E-state index contributed by atoms with van der Waals surface area (Å²) in [4.78, 5) is 32.2. The number of benzene rings is 3. The van der Waals surface area contributed by atoms with Gasteiger partial charge in [0.25, 0.3) is 5.56 Å². The smallest absolute Gasteiger partial charge is 0.338 e. The highest BCUT2D eigenvalue weighted by atomic mass is 79.9. The average molecular weight is 668 g/mol. The number of carbonyl (C=O) groups excluding carboxylic acids is 1. The maximum absolute atomic E-state index is 14.0. The molecule has 198 valence electrons. The lowest BCUT2D eigenvalue weighted by Crippen LogP contribution is -2.40. The molecular formula is C30H24Br2N2O4S. The first kappa shape index (κ1) is 27.3. The summed E-state index contributed by atoms with van der Waals surface area (Å²) in [7, 11) is 1.35. The molecule has 0 unspecified atom stereocenters. The fraction of sp³-hybridized carbons (Fsp3) is 0.167. The number of fused-ring (bicyclic) bond motifs is 1. The van der Waals surface area contributed by atoms with Gasteiger partial charge in [0.15, 0.2) is 4.80 Å². The summed E-state index contributed by atoms with van der Waals surface area (Å²) in [6, 6.07) is 22.6. The van der Waals surface area contributed by atoms with Crippen LogP contribution in [0.4, 0.5) is 0 Å². The number of rotatable bonds is 7. The Balaban J connectivity index is 1.68. The van der Waals surface area contributed by atoms with E-state index in [-0.39, 0.29) is 5.56 Å². The molecule has 5 rings (SSSR count). The van der Waals surface area contributed by atoms with Crippen LogP contribution in [-0.4, -0.2) is 17.6 Å². The molecule has 0 saturated carbocycles. The lowest BCUT2D eigenvalue weighted by atomic mass is 9.95. The average Bonchev–Trinajstić information content (AvgIpc) is 3.26. The fourth-order valence-corrected chi connectivity index (χ4v) is 6.91. The van der Waals surface area contributed by atoms with Gasteiger partial charge in [0.1, 0.15) is 12.4 Å². The molecule has 0 bridgehead atoms. The summed E-state index contributed by atoms with van der Waals surface area (Å²) in [6.07, 6.45) is 2.34. The van der Waals surface area contributed by atoms with E-state index in [2.05, 4.69) is 31.9 Å². The van der Waals surface area contributed by atoms with Crippen molar-refractivity contribution in [3.05, 3.63) is 129 Å². The van der Waals surface area contributed by atoms with Gasteiger partial charge in [-0.05, 0) is 51.7 Å². The van der Waals surface area contributed by atoms with Crippen LogP contribution >= 0.6 is 43.2 Å². The summed E-state index contributed by atoms with van der Waals surface area (Å²) in [5.41, 5.74) is 3.32. The van der Waals surface area contributed by atoms with Crippen molar-refractivity contribution in [2.24, 2.45) is 4.99 Å². The van der Waals surface area contributed by atoms with Crippen LogP contribution in [0.25, 0.3) is 6.08 Å². The molecule has 0 fully saturated rings. The van der Waals surface area contributed by atoms with Gasteiger partial charge in [0, 0.05) is 10.0 Å². The topological polar surface area (TPSA) is 69.9 Å². The van der Waals surface area contributed by atoms with Crippen LogP contribution in [0.1, 0.15) is 36.1 Å². The van der Waals surface area contributed by atoms with Gasteiger partial charge in [-0.3, -0.25) is 9.36 Å². The number of allylic oxidation sites excluding steroid dienone is 1. The van der Waals surface area contributed by atoms with Crippen LogP contribution in [-0.2, 0) is 16.1 Å². The third-order valence-electron chi connectivity index (χ3n) is 6.32. The molecular weight excluding hydrogens is 644 g/mol. The molecule has 1 aliphatic heterocycles. The highest BCUT2D eigenvalue weighted by molar-refractivity contribution is 9.11. The molecule has 3 aromatic carbocycles. The van der Waals surface area contributed by atoms with E-state index in [9.17, 15) is 9.59 Å². The Morgan fingerprint density at radius 3 is 2.44 bits per heavy atom. The summed E-state index contributed by atoms with van der Waals surface area (Å²) in [5, 5.41) is 0. The zero-order valence-corrected chi connectivity index (χ0v) is 25.2. The lowest BCUT2D eigenvalue weighted by Gasteiger charge is -2.25. The van der Waals surface area contributed by atoms with Gasteiger partial charge in [-0.2, -0.15) is 0 Å². The van der Waals surface area contributed by atoms with E-state index in [1.807, 2.05) is 85.8 Å². The van der Waals surface area contributed by atoms with Crippen molar-refractivity contribution < 1.29 is 14.3 Å². The van der Waals surface area contributed by atoms with E-state index >= 15 is 0 Å². The fourth-order valence-electron chi connectivity index (χ4n) is 4.53. The van der Waals surface area contributed by atoms with Crippen LogP contribution in [0.15, 0.2) is 103 Å². The minimum atomic E-state index is -0.643. The number of aromatic nitrogens is 1. The van der Waals surface area contributed by atoms with Crippen molar-refractivity contribution in [2.75, 3.05) is 7.11 Å². The highest BCUT2D eigenvalue weighted by Gasteiger charge is 2.33. The predicted octanol–water partition coefficient (Wildman–Crippen LogP) is 5.90. The molecule has 39 heavy (non-hydrogen) atoms. The Hall–Kier alpha value is -3.27. The van der Waals surface area contributed by atoms with Gasteiger partial charge in [-0.1, -0.05) is 94.9 Å². The van der Waals surface area contributed by atoms with Gasteiger partial charge in [0.2, 0.25) is 0 Å². The molecule has 0 amide bonds. The molecule has 4 aromatic rings. The molecule has 9 heteroatoms. The summed E-state index contributed by atoms with van der Waals surface area (Å²) in [6.45, 7) is 2.31. The van der Waals surface area contributed by atoms with Crippen LogP contribution < -0.4 is 19.6 Å². The molecule has 0 spiro atoms. The van der Waals surface area contributed by atoms with Crippen LogP contribution in [0.3, 0.4) is 0 Å². The van der Waals surface area contributed by atoms with Crippen molar-refractivity contribution in [1.82, 2.24) is 4.57 Å². The number of halogens is 2. The largest absolute Gasteiger partial charge is 0.487 e. The van der Waals surface area contributed by atoms with Crippen molar-refractivity contribution in [1.29, 1.82) is 0 Å². The number of hydrogen-bond acceptors (Lipinski definition) is 6. The first-order valence-corrected chi connectivity index (χ1v) is 14.6. The Labute approximate surface area is 246 Å². The zero-order chi connectivity index (χ0) is 27.5. The number of esters is 1. The molecule has 2 heterocycles. The standard InChI is InChI=1S/C30H24Br2N2O4S/c1-3-23-25(29(36)37-2)26(19-12-8-5-9-13-19)34-28(35)24(39-30(34)33-23)15-20-14-21(31)16-22(32)27(20)38-17-18-10-6-4-7-11-18/h4-16,26H,3,17H2,1-2H3/b24-15+/t26-/m1/s1. The Bertz CT molecular complexity index is 1750. The lowest BCUT2D eigenvalue weighted by molar-refractivity contribution is -0.136. The third kappa shape index (κ3) is 5.57. The SMILES string of the molecule is CCC1=C(C(=O)OC)[C@@H](c2ccccc2)n2c(s/c(=C/c3cc(Br)cc(Br)c3OCc3ccccc3)c2=O)=N1. The second-order valence-electron chi connectivity index (χ2n) is 8.78. The van der Waals surface area contributed by atoms with Gasteiger partial charge in [0.05, 0.1) is 33.4 Å². The predicted molar refractivity (Wildman–Crippen MR) is 159 cm³/mol. The van der Waals surface area contributed by atoms with E-state index in [4.69, 9.17) is 14.5 Å². The minimum absolute atomic E-state index is 0.241. The molecule has 0 radical (unpaired) electrons. The van der Waals surface area contributed by atoms with E-state index in [0.717, 1.165) is 25.6 Å². The van der Waals surface area contributed by atoms with Crippen LogP contribution in [0.2, 0.25) is 0 Å². The maximum Gasteiger partial charge on any atom is 0.338 e. The summed E-state index contributed by atoms with van der Waals surface area (Å²) in [5.74, 6) is 0.128. The van der Waals surface area contributed by atoms with Gasteiger partial charge in [-0.25, -0.2) is 9.79 Å². The molecule has 1 aromatic heterocycles. The first-order valence-electron chi connectivity index (χ1n) is 12.2. The summed E-state index contributed by atoms with van der Waals surface area (Å²) >= 11 is 8.46. The Morgan fingerprint density at radius 2 is 1.77 bits per heavy atom. The van der Waals surface area contributed by atoms with Crippen molar-refractivity contribution in [3.8, 4) is 5.75 Å². The molecule has 0 saturated heterocycles. The quantitative estimate of drug-likeness (QED) is 0.230. The molecule has 6 nitrogen and oxygen atoms in total. The van der Waals surface area contributed by atoms with Crippen molar-refractivity contribution in [3.63, 3.8) is 0 Å². The number of carbonyl (C=O) groups is 1. The maximum atomic E-state index is 14.0. The second kappa shape index (κ2) is 11.9. The number of nitrogens with zero attached hydrogens (tertiary/aromatic N) is 2. The number of ether oxygens (including phenoxy) is 2. The number of thiazole rings is 1. The van der Waals surface area contributed by atoms with Crippen molar-refractivity contribution >= 4 is 55.2 Å². The second-order valence-corrected chi connectivity index (χ2v) is 11.6. The van der Waals surface area contributed by atoms with Gasteiger partial charge in [-0.15, -0.1) is 0 Å². The Kier molecular flexibility index (Phi) is 8.30. The minimum Gasteiger partial charge on any atom is -0.487 e. The van der Waals surface area contributed by atoms with E-state index in [1.54, 1.807) is 4.57 Å². The molecule has 1 atom stereocenters. The third-order valence-corrected chi connectivity index (χ3v) is 8.35. The Morgan fingerprint density at radius 1 is 1.08 bits per heavy atom. The number of methoxy groups -OCH3 is 1. The number of hydrogen-bond donors (Lipinski definition) is 0. The van der Waals surface area contributed by atoms with E-state index in [1.165, 1.54) is 18.4 Å². The van der Waals surface area contributed by atoms with Crippen molar-refractivity contribution in [2.45, 2.75) is 26.0 Å². The van der Waals surface area contributed by atoms with Gasteiger partial charge < -0.3 is 9.47 Å². The monoisotopic (exact) mass is 666 g/mol. The normalized spacial score (nSPS) is 15.1. The van der Waals surface area contributed by atoms with E-state index in [0.29, 0.717) is 39.4 Å². The van der Waals surface area contributed by atoms with Crippen LogP contribution in [0.5, 0.6) is 5.75 Å². The van der Waals surface area contributed by atoms with Crippen LogP contribution in [0, 0.1) is 0 Å². The van der Waals surface area contributed by atoms with E-state index < -0.39 is 12.0 Å². The molecule has 1 aliphatic rings. The highest BCUT2D eigenvalue weighted by Crippen LogP contribution is 2.35. The zero-order valence-electron chi connectivity index (χ0n) is 21.2. The molecule has 0 aliphatic carbocycles. The van der Waals surface area contributed by atoms with Gasteiger partial charge >= 0.3 is 5.97 Å². The summed E-state index contributed by atoms with van der Waals surface area (Å²) < 4.78 is 15.0. The molecule has 0 N–H and O–H groups in total. The first-order chi connectivity index (χ1) is 18.9.